The maximum absolute atomic E-state index is 4.31. The van der Waals surface area contributed by atoms with E-state index >= 15 is 0 Å². The molecule has 1 saturated heterocycles. The van der Waals surface area contributed by atoms with Gasteiger partial charge < -0.3 is 4.57 Å². The fourth-order valence-electron chi connectivity index (χ4n) is 3.13. The van der Waals surface area contributed by atoms with E-state index in [0.29, 0.717) is 0 Å². The molecule has 22 heavy (non-hydrogen) atoms. The number of aromatic nitrogens is 2. The molecule has 0 unspecified atom stereocenters. The van der Waals surface area contributed by atoms with Gasteiger partial charge in [0.1, 0.15) is 5.82 Å². The van der Waals surface area contributed by atoms with Crippen LogP contribution in [0.2, 0.25) is 0 Å². The molecular formula is C19H25N3. The van der Waals surface area contributed by atoms with Crippen LogP contribution in [0.25, 0.3) is 6.08 Å². The van der Waals surface area contributed by atoms with E-state index < -0.39 is 0 Å². The van der Waals surface area contributed by atoms with Crippen molar-refractivity contribution in [1.82, 2.24) is 14.5 Å². The lowest BCUT2D eigenvalue weighted by atomic mass is 9.96. The van der Waals surface area contributed by atoms with Crippen molar-refractivity contribution in [2.75, 3.05) is 19.6 Å². The predicted octanol–water partition coefficient (Wildman–Crippen LogP) is 3.62. The second kappa shape index (κ2) is 7.41. The highest BCUT2D eigenvalue weighted by atomic mass is 15.1. The zero-order valence-electron chi connectivity index (χ0n) is 13.4. The van der Waals surface area contributed by atoms with Crippen LogP contribution >= 0.6 is 0 Å². The number of aryl methyl sites for hydroxylation is 1. The number of hydrogen-bond acceptors (Lipinski definition) is 2. The summed E-state index contributed by atoms with van der Waals surface area (Å²) in [6.45, 7) is 6.68. The number of hydrogen-bond donors (Lipinski definition) is 0. The van der Waals surface area contributed by atoms with Crippen LogP contribution in [0.15, 0.2) is 48.8 Å². The van der Waals surface area contributed by atoms with Gasteiger partial charge in [0.05, 0.1) is 0 Å². The zero-order chi connectivity index (χ0) is 15.2. The molecule has 2 aromatic rings. The summed E-state index contributed by atoms with van der Waals surface area (Å²) in [5.41, 5.74) is 1.29. The molecule has 0 atom stereocenters. The highest BCUT2D eigenvalue weighted by Gasteiger charge is 2.18. The Kier molecular flexibility index (Phi) is 5.07. The highest BCUT2D eigenvalue weighted by Crippen LogP contribution is 2.19. The maximum Gasteiger partial charge on any atom is 0.105 e. The molecule has 3 rings (SSSR count). The van der Waals surface area contributed by atoms with Gasteiger partial charge in [-0.2, -0.15) is 0 Å². The number of benzene rings is 1. The Morgan fingerprint density at radius 3 is 2.64 bits per heavy atom. The van der Waals surface area contributed by atoms with Crippen LogP contribution in [-0.4, -0.2) is 34.1 Å². The summed E-state index contributed by atoms with van der Waals surface area (Å²) < 4.78 is 2.29. The van der Waals surface area contributed by atoms with Crippen LogP contribution in [0, 0.1) is 12.8 Å². The van der Waals surface area contributed by atoms with E-state index in [-0.39, 0.29) is 0 Å². The third-order valence-electron chi connectivity index (χ3n) is 4.56. The predicted molar refractivity (Wildman–Crippen MR) is 91.6 cm³/mol. The molecular weight excluding hydrogens is 270 g/mol. The smallest absolute Gasteiger partial charge is 0.105 e. The van der Waals surface area contributed by atoms with Gasteiger partial charge in [-0.1, -0.05) is 42.5 Å². The molecule has 1 aromatic carbocycles. The third-order valence-corrected chi connectivity index (χ3v) is 4.56. The van der Waals surface area contributed by atoms with Crippen molar-refractivity contribution in [2.24, 2.45) is 5.92 Å². The molecule has 3 nitrogen and oxygen atoms in total. The molecule has 116 valence electrons. The van der Waals surface area contributed by atoms with Crippen molar-refractivity contribution >= 4 is 6.08 Å². The van der Waals surface area contributed by atoms with E-state index in [1.54, 1.807) is 0 Å². The lowest BCUT2D eigenvalue weighted by Crippen LogP contribution is -2.35. The first-order valence-electron chi connectivity index (χ1n) is 8.23. The monoisotopic (exact) mass is 295 g/mol. The number of nitrogens with zero attached hydrogens (tertiary/aromatic N) is 3. The minimum atomic E-state index is 0.794. The van der Waals surface area contributed by atoms with Crippen molar-refractivity contribution in [1.29, 1.82) is 0 Å². The maximum atomic E-state index is 4.31. The summed E-state index contributed by atoms with van der Waals surface area (Å²) in [4.78, 5) is 6.86. The standard InChI is InChI=1S/C19H25N3/c1-17-20-11-15-22(17)16-19-9-13-21(14-10-19)12-5-8-18-6-3-2-4-7-18/h2-8,11,15,19H,9-10,12-14,16H2,1H3/b8-5+. The first-order valence-corrected chi connectivity index (χ1v) is 8.23. The Balaban J connectivity index is 1.42. The van der Waals surface area contributed by atoms with Gasteiger partial charge in [0.25, 0.3) is 0 Å². The Morgan fingerprint density at radius 2 is 1.95 bits per heavy atom. The van der Waals surface area contributed by atoms with Gasteiger partial charge in [0, 0.05) is 25.5 Å². The average molecular weight is 295 g/mol. The molecule has 2 heterocycles. The minimum absolute atomic E-state index is 0.794. The molecule has 0 radical (unpaired) electrons. The highest BCUT2D eigenvalue weighted by molar-refractivity contribution is 5.48. The van der Waals surface area contributed by atoms with Crippen LogP contribution in [-0.2, 0) is 6.54 Å². The fourth-order valence-corrected chi connectivity index (χ4v) is 3.13. The van der Waals surface area contributed by atoms with Crippen molar-refractivity contribution in [3.05, 3.63) is 60.2 Å². The van der Waals surface area contributed by atoms with Gasteiger partial charge in [-0.15, -0.1) is 0 Å². The summed E-state index contributed by atoms with van der Waals surface area (Å²) in [5.74, 6) is 1.93. The zero-order valence-corrected chi connectivity index (χ0v) is 13.4. The lowest BCUT2D eigenvalue weighted by molar-refractivity contribution is 0.188. The van der Waals surface area contributed by atoms with Gasteiger partial charge in [-0.3, -0.25) is 4.90 Å². The Morgan fingerprint density at radius 1 is 1.18 bits per heavy atom. The SMILES string of the molecule is Cc1nccn1CC1CCN(C/C=C/c2ccccc2)CC1. The van der Waals surface area contributed by atoms with E-state index in [4.69, 9.17) is 0 Å². The van der Waals surface area contributed by atoms with E-state index in [1.165, 1.54) is 31.5 Å². The van der Waals surface area contributed by atoms with Gasteiger partial charge in [0.15, 0.2) is 0 Å². The van der Waals surface area contributed by atoms with Crippen molar-refractivity contribution in [3.8, 4) is 0 Å². The second-order valence-corrected chi connectivity index (χ2v) is 6.18. The normalized spacial score (nSPS) is 17.3. The third kappa shape index (κ3) is 4.08. The molecule has 0 N–H and O–H groups in total. The quantitative estimate of drug-likeness (QED) is 0.840. The molecule has 0 bridgehead atoms. The number of rotatable bonds is 5. The van der Waals surface area contributed by atoms with Gasteiger partial charge in [0.2, 0.25) is 0 Å². The van der Waals surface area contributed by atoms with Gasteiger partial charge in [-0.25, -0.2) is 4.98 Å². The number of likely N-dealkylation sites (tertiary alicyclic amines) is 1. The van der Waals surface area contributed by atoms with E-state index in [0.717, 1.165) is 24.8 Å². The molecule has 0 aliphatic carbocycles. The van der Waals surface area contributed by atoms with Crippen LogP contribution in [0.1, 0.15) is 24.2 Å². The summed E-state index contributed by atoms with van der Waals surface area (Å²) in [6.07, 6.45) is 11.1. The average Bonchev–Trinajstić information content (AvgIpc) is 2.95. The number of piperidine rings is 1. The van der Waals surface area contributed by atoms with E-state index in [2.05, 4.69) is 70.1 Å². The molecule has 1 aliphatic rings. The molecule has 0 saturated carbocycles. The van der Waals surface area contributed by atoms with Crippen molar-refractivity contribution in [2.45, 2.75) is 26.3 Å². The van der Waals surface area contributed by atoms with E-state index in [1.807, 2.05) is 6.20 Å². The topological polar surface area (TPSA) is 21.1 Å². The fraction of sp³-hybridized carbons (Fsp3) is 0.421. The summed E-state index contributed by atoms with van der Waals surface area (Å²) >= 11 is 0. The largest absolute Gasteiger partial charge is 0.335 e. The Labute approximate surface area is 133 Å². The molecule has 0 spiro atoms. The van der Waals surface area contributed by atoms with Crippen LogP contribution in [0.4, 0.5) is 0 Å². The molecule has 1 aliphatic heterocycles. The van der Waals surface area contributed by atoms with Crippen LogP contribution in [0.5, 0.6) is 0 Å². The van der Waals surface area contributed by atoms with Crippen molar-refractivity contribution in [3.63, 3.8) is 0 Å². The van der Waals surface area contributed by atoms with Gasteiger partial charge >= 0.3 is 0 Å². The number of imidazole rings is 1. The Hall–Kier alpha value is -1.87. The first kappa shape index (κ1) is 15.0. The lowest BCUT2D eigenvalue weighted by Gasteiger charge is -2.31. The second-order valence-electron chi connectivity index (χ2n) is 6.18. The van der Waals surface area contributed by atoms with Gasteiger partial charge in [-0.05, 0) is 44.3 Å². The molecule has 0 amide bonds. The summed E-state index contributed by atoms with van der Waals surface area (Å²) in [7, 11) is 0. The van der Waals surface area contributed by atoms with Crippen LogP contribution < -0.4 is 0 Å². The van der Waals surface area contributed by atoms with Crippen LogP contribution in [0.3, 0.4) is 0 Å². The molecule has 1 aromatic heterocycles. The molecule has 1 fully saturated rings. The Bertz CT molecular complexity index is 592. The summed E-state index contributed by atoms with van der Waals surface area (Å²) in [5, 5.41) is 0. The minimum Gasteiger partial charge on any atom is -0.335 e. The van der Waals surface area contributed by atoms with E-state index in [9.17, 15) is 0 Å². The van der Waals surface area contributed by atoms with Crippen molar-refractivity contribution < 1.29 is 0 Å². The molecule has 3 heteroatoms. The first-order chi connectivity index (χ1) is 10.8. The summed E-state index contributed by atoms with van der Waals surface area (Å²) in [6, 6.07) is 10.5.